The molecule has 2 N–H and O–H groups in total. The topological polar surface area (TPSA) is 41.5 Å². The fraction of sp³-hybridized carbons (Fsp3) is 0.455. The maximum Gasteiger partial charge on any atom is 0.0733 e. The Hall–Kier alpha value is -1.06. The molecule has 3 nitrogen and oxygen atoms in total. The zero-order valence-electron chi connectivity index (χ0n) is 8.66. The molecule has 0 bridgehead atoms. The minimum atomic E-state index is -0.342. The number of methoxy groups -OCH3 is 1. The van der Waals surface area contributed by atoms with Crippen molar-refractivity contribution in [1.82, 2.24) is 0 Å². The highest BCUT2D eigenvalue weighted by molar-refractivity contribution is 5.50. The van der Waals surface area contributed by atoms with Crippen LogP contribution in [0.2, 0.25) is 0 Å². The molecule has 0 fully saturated rings. The minimum absolute atomic E-state index is 0.342. The van der Waals surface area contributed by atoms with Crippen LogP contribution in [-0.4, -0.2) is 24.9 Å². The third-order valence-electron chi connectivity index (χ3n) is 1.91. The van der Waals surface area contributed by atoms with E-state index in [2.05, 4.69) is 5.32 Å². The predicted octanol–water partition coefficient (Wildman–Crippen LogP) is 1.63. The number of hydrogen-bond acceptors (Lipinski definition) is 3. The zero-order valence-corrected chi connectivity index (χ0v) is 8.66. The van der Waals surface area contributed by atoms with Crippen molar-refractivity contribution in [2.24, 2.45) is 0 Å². The molecule has 0 saturated carbocycles. The first-order valence-corrected chi connectivity index (χ1v) is 4.73. The summed E-state index contributed by atoms with van der Waals surface area (Å²) in [6.07, 6.45) is -0.342. The molecule has 3 heteroatoms. The van der Waals surface area contributed by atoms with Crippen molar-refractivity contribution in [3.05, 3.63) is 29.8 Å². The Kier molecular flexibility index (Phi) is 4.43. The van der Waals surface area contributed by atoms with Crippen LogP contribution in [-0.2, 0) is 11.3 Å². The van der Waals surface area contributed by atoms with E-state index in [1.54, 1.807) is 14.0 Å². The molecule has 1 aromatic rings. The van der Waals surface area contributed by atoms with Gasteiger partial charge in [-0.05, 0) is 13.0 Å². The molecule has 0 aromatic heterocycles. The molecular formula is C11H17NO2. The second-order valence-electron chi connectivity index (χ2n) is 3.32. The second kappa shape index (κ2) is 5.62. The van der Waals surface area contributed by atoms with Crippen LogP contribution in [0.4, 0.5) is 5.69 Å². The van der Waals surface area contributed by atoms with E-state index >= 15 is 0 Å². The van der Waals surface area contributed by atoms with E-state index in [0.29, 0.717) is 13.2 Å². The summed E-state index contributed by atoms with van der Waals surface area (Å²) < 4.78 is 5.07. The summed E-state index contributed by atoms with van der Waals surface area (Å²) in [5.41, 5.74) is 2.13. The molecule has 1 aromatic carbocycles. The summed E-state index contributed by atoms with van der Waals surface area (Å²) >= 11 is 0. The lowest BCUT2D eigenvalue weighted by Crippen LogP contribution is -2.16. The molecule has 1 atom stereocenters. The Bertz CT molecular complexity index is 274. The Balaban J connectivity index is 2.64. The van der Waals surface area contributed by atoms with Gasteiger partial charge in [0, 0.05) is 24.9 Å². The first-order chi connectivity index (χ1) is 6.74. The average Bonchev–Trinajstić information content (AvgIpc) is 2.17. The van der Waals surface area contributed by atoms with Gasteiger partial charge in [0.25, 0.3) is 0 Å². The van der Waals surface area contributed by atoms with E-state index in [0.717, 1.165) is 11.3 Å². The molecule has 0 spiro atoms. The fourth-order valence-corrected chi connectivity index (χ4v) is 1.23. The van der Waals surface area contributed by atoms with Gasteiger partial charge in [0.1, 0.15) is 0 Å². The number of aliphatic hydroxyl groups excluding tert-OH is 1. The maximum atomic E-state index is 9.14. The molecule has 0 radical (unpaired) electrons. The molecule has 0 saturated heterocycles. The number of para-hydroxylation sites is 1. The fourth-order valence-electron chi connectivity index (χ4n) is 1.23. The summed E-state index contributed by atoms with van der Waals surface area (Å²) in [5.74, 6) is 0. The van der Waals surface area contributed by atoms with Crippen molar-refractivity contribution in [3.8, 4) is 0 Å². The lowest BCUT2D eigenvalue weighted by Gasteiger charge is -2.12. The molecule has 0 aliphatic heterocycles. The van der Waals surface area contributed by atoms with E-state index in [-0.39, 0.29) is 6.10 Å². The highest BCUT2D eigenvalue weighted by Crippen LogP contribution is 2.15. The molecule has 0 heterocycles. The van der Waals surface area contributed by atoms with E-state index in [9.17, 15) is 0 Å². The average molecular weight is 195 g/mol. The van der Waals surface area contributed by atoms with Crippen LogP contribution >= 0.6 is 0 Å². The van der Waals surface area contributed by atoms with Crippen molar-refractivity contribution in [2.45, 2.75) is 19.6 Å². The largest absolute Gasteiger partial charge is 0.392 e. The highest BCUT2D eigenvalue weighted by atomic mass is 16.5. The van der Waals surface area contributed by atoms with Gasteiger partial charge in [-0.25, -0.2) is 0 Å². The number of benzene rings is 1. The lowest BCUT2D eigenvalue weighted by molar-refractivity contribution is 0.185. The number of nitrogens with one attached hydrogen (secondary N) is 1. The molecule has 14 heavy (non-hydrogen) atoms. The molecule has 78 valence electrons. The number of aliphatic hydroxyl groups is 1. The Labute approximate surface area is 84.7 Å². The first-order valence-electron chi connectivity index (χ1n) is 4.73. The van der Waals surface area contributed by atoms with Crippen LogP contribution in [0.25, 0.3) is 0 Å². The smallest absolute Gasteiger partial charge is 0.0733 e. The van der Waals surface area contributed by atoms with Gasteiger partial charge in [-0.2, -0.15) is 0 Å². The predicted molar refractivity (Wildman–Crippen MR) is 57.3 cm³/mol. The monoisotopic (exact) mass is 195 g/mol. The number of rotatable bonds is 5. The normalized spacial score (nSPS) is 12.5. The molecule has 0 unspecified atom stereocenters. The summed E-state index contributed by atoms with van der Waals surface area (Å²) in [6.45, 7) is 2.90. The van der Waals surface area contributed by atoms with Crippen LogP contribution in [0, 0.1) is 0 Å². The Morgan fingerprint density at radius 1 is 1.43 bits per heavy atom. The summed E-state index contributed by atoms with van der Waals surface area (Å²) in [7, 11) is 1.67. The SMILES string of the molecule is COCc1ccccc1NC[C@@H](C)O. The van der Waals surface area contributed by atoms with Gasteiger partial charge in [0.2, 0.25) is 0 Å². The van der Waals surface area contributed by atoms with Gasteiger partial charge in [0.15, 0.2) is 0 Å². The Morgan fingerprint density at radius 3 is 2.79 bits per heavy atom. The van der Waals surface area contributed by atoms with Crippen molar-refractivity contribution < 1.29 is 9.84 Å². The van der Waals surface area contributed by atoms with E-state index in [1.165, 1.54) is 0 Å². The van der Waals surface area contributed by atoms with Crippen molar-refractivity contribution >= 4 is 5.69 Å². The molecule has 1 rings (SSSR count). The van der Waals surface area contributed by atoms with Gasteiger partial charge in [-0.3, -0.25) is 0 Å². The quantitative estimate of drug-likeness (QED) is 0.750. The summed E-state index contributed by atoms with van der Waals surface area (Å²) in [6, 6.07) is 7.93. The first kappa shape index (κ1) is 11.0. The van der Waals surface area contributed by atoms with Crippen molar-refractivity contribution in [2.75, 3.05) is 19.0 Å². The van der Waals surface area contributed by atoms with Crippen molar-refractivity contribution in [1.29, 1.82) is 0 Å². The number of ether oxygens (including phenoxy) is 1. The van der Waals surface area contributed by atoms with Crippen LogP contribution < -0.4 is 5.32 Å². The van der Waals surface area contributed by atoms with Gasteiger partial charge in [-0.1, -0.05) is 18.2 Å². The molecule has 0 amide bonds. The Morgan fingerprint density at radius 2 is 2.14 bits per heavy atom. The van der Waals surface area contributed by atoms with Crippen LogP contribution in [0.5, 0.6) is 0 Å². The van der Waals surface area contributed by atoms with Gasteiger partial charge < -0.3 is 15.2 Å². The third-order valence-corrected chi connectivity index (χ3v) is 1.91. The third kappa shape index (κ3) is 3.36. The van der Waals surface area contributed by atoms with Gasteiger partial charge >= 0.3 is 0 Å². The molecule has 0 aliphatic carbocycles. The van der Waals surface area contributed by atoms with Crippen LogP contribution in [0.1, 0.15) is 12.5 Å². The van der Waals surface area contributed by atoms with E-state index in [4.69, 9.17) is 9.84 Å². The standard InChI is InChI=1S/C11H17NO2/c1-9(13)7-12-11-6-4-3-5-10(11)8-14-2/h3-6,9,12-13H,7-8H2,1-2H3/t9-/m1/s1. The minimum Gasteiger partial charge on any atom is -0.392 e. The van der Waals surface area contributed by atoms with E-state index < -0.39 is 0 Å². The van der Waals surface area contributed by atoms with Crippen molar-refractivity contribution in [3.63, 3.8) is 0 Å². The van der Waals surface area contributed by atoms with Crippen LogP contribution in [0.3, 0.4) is 0 Å². The van der Waals surface area contributed by atoms with E-state index in [1.807, 2.05) is 24.3 Å². The number of hydrogen-bond donors (Lipinski definition) is 2. The maximum absolute atomic E-state index is 9.14. The second-order valence-corrected chi connectivity index (χ2v) is 3.32. The van der Waals surface area contributed by atoms with Crippen LogP contribution in [0.15, 0.2) is 24.3 Å². The number of anilines is 1. The highest BCUT2D eigenvalue weighted by Gasteiger charge is 2.01. The lowest BCUT2D eigenvalue weighted by atomic mass is 10.2. The summed E-state index contributed by atoms with van der Waals surface area (Å²) in [5, 5.41) is 12.3. The van der Waals surface area contributed by atoms with Gasteiger partial charge in [-0.15, -0.1) is 0 Å². The van der Waals surface area contributed by atoms with Gasteiger partial charge in [0.05, 0.1) is 12.7 Å². The summed E-state index contributed by atoms with van der Waals surface area (Å²) in [4.78, 5) is 0. The molecule has 0 aliphatic rings. The zero-order chi connectivity index (χ0) is 10.4. The molecular weight excluding hydrogens is 178 g/mol.